The molecule has 0 radical (unpaired) electrons. The normalized spacial score (nSPS) is 13.5. The summed E-state index contributed by atoms with van der Waals surface area (Å²) in [6, 6.07) is 2.32. The third-order valence-electron chi connectivity index (χ3n) is 3.72. The molecule has 1 aromatic rings. The largest absolute Gasteiger partial charge is 0.309 e. The van der Waals surface area contributed by atoms with Gasteiger partial charge in [0.15, 0.2) is 0 Å². The van der Waals surface area contributed by atoms with Gasteiger partial charge in [-0.2, -0.15) is 5.10 Å². The first-order chi connectivity index (χ1) is 9.97. The second-order valence-corrected chi connectivity index (χ2v) is 7.69. The van der Waals surface area contributed by atoms with E-state index in [4.69, 9.17) is 0 Å². The average Bonchev–Trinajstić information content (AvgIpc) is 2.89. The highest BCUT2D eigenvalue weighted by Gasteiger charge is 2.18. The Morgan fingerprint density at radius 3 is 2.52 bits per heavy atom. The zero-order valence-electron chi connectivity index (χ0n) is 13.7. The lowest BCUT2D eigenvalue weighted by Crippen LogP contribution is -2.24. The molecule has 1 unspecified atom stereocenters. The van der Waals surface area contributed by atoms with Gasteiger partial charge < -0.3 is 5.32 Å². The maximum atomic E-state index is 11.6. The van der Waals surface area contributed by atoms with Crippen molar-refractivity contribution in [3.8, 4) is 0 Å². The first kappa shape index (κ1) is 18.2. The first-order valence-electron chi connectivity index (χ1n) is 7.97. The van der Waals surface area contributed by atoms with E-state index in [0.717, 1.165) is 31.6 Å². The Hall–Kier alpha value is -0.880. The molecule has 0 spiro atoms. The Labute approximate surface area is 129 Å². The molecule has 5 nitrogen and oxygen atoms in total. The Morgan fingerprint density at radius 2 is 2.00 bits per heavy atom. The fraction of sp³-hybridized carbons (Fsp3) is 0.800. The summed E-state index contributed by atoms with van der Waals surface area (Å²) >= 11 is 0. The van der Waals surface area contributed by atoms with Gasteiger partial charge in [0.2, 0.25) is 0 Å². The van der Waals surface area contributed by atoms with Crippen LogP contribution in [-0.2, 0) is 22.8 Å². The van der Waals surface area contributed by atoms with Crippen molar-refractivity contribution in [1.82, 2.24) is 15.1 Å². The summed E-state index contributed by atoms with van der Waals surface area (Å²) in [6.45, 7) is 9.66. The van der Waals surface area contributed by atoms with Gasteiger partial charge in [0.05, 0.1) is 17.1 Å². The zero-order chi connectivity index (χ0) is 15.9. The minimum absolute atomic E-state index is 0.176. The van der Waals surface area contributed by atoms with Crippen molar-refractivity contribution in [2.24, 2.45) is 0 Å². The van der Waals surface area contributed by atoms with Gasteiger partial charge in [-0.1, -0.05) is 20.8 Å². The maximum Gasteiger partial charge on any atom is 0.150 e. The summed E-state index contributed by atoms with van der Waals surface area (Å²) in [6.07, 6.45) is 2.43. The second kappa shape index (κ2) is 8.54. The van der Waals surface area contributed by atoms with Gasteiger partial charge in [0.1, 0.15) is 9.84 Å². The molecule has 0 aromatic carbocycles. The van der Waals surface area contributed by atoms with Gasteiger partial charge in [-0.15, -0.1) is 0 Å². The number of hydrogen-bond donors (Lipinski definition) is 1. The fourth-order valence-corrected chi connectivity index (χ4v) is 3.34. The van der Waals surface area contributed by atoms with E-state index in [1.54, 1.807) is 6.92 Å². The number of rotatable bonds is 10. The van der Waals surface area contributed by atoms with E-state index in [2.05, 4.69) is 37.3 Å². The SMILES string of the molecule is CCNC(CCCS(=O)(=O)CC)c1cc(CC)nn1CC. The van der Waals surface area contributed by atoms with Crippen LogP contribution in [0.2, 0.25) is 0 Å². The molecule has 0 aliphatic rings. The molecule has 0 saturated carbocycles. The zero-order valence-corrected chi connectivity index (χ0v) is 14.5. The lowest BCUT2D eigenvalue weighted by Gasteiger charge is -2.19. The summed E-state index contributed by atoms with van der Waals surface area (Å²) in [5.74, 6) is 0.498. The summed E-state index contributed by atoms with van der Waals surface area (Å²) in [7, 11) is -2.88. The lowest BCUT2D eigenvalue weighted by atomic mass is 10.1. The third kappa shape index (κ3) is 5.43. The molecule has 1 heterocycles. The van der Waals surface area contributed by atoms with Crippen molar-refractivity contribution in [3.05, 3.63) is 17.5 Å². The van der Waals surface area contributed by atoms with Gasteiger partial charge in [0, 0.05) is 18.3 Å². The molecule has 0 aliphatic heterocycles. The second-order valence-electron chi connectivity index (χ2n) is 5.22. The topological polar surface area (TPSA) is 64.0 Å². The number of aryl methyl sites for hydroxylation is 2. The third-order valence-corrected chi connectivity index (χ3v) is 5.51. The summed E-state index contributed by atoms with van der Waals surface area (Å²) in [5.41, 5.74) is 2.26. The Balaban J connectivity index is 2.79. The predicted octanol–water partition coefficient (Wildman–Crippen LogP) is 2.33. The van der Waals surface area contributed by atoms with Gasteiger partial charge in [-0.3, -0.25) is 4.68 Å². The summed E-state index contributed by atoms with van der Waals surface area (Å²) in [4.78, 5) is 0. The van der Waals surface area contributed by atoms with Crippen LogP contribution in [0.15, 0.2) is 6.07 Å². The molecule has 0 saturated heterocycles. The first-order valence-corrected chi connectivity index (χ1v) is 9.79. The van der Waals surface area contributed by atoms with E-state index in [9.17, 15) is 8.42 Å². The number of nitrogens with zero attached hydrogens (tertiary/aromatic N) is 2. The van der Waals surface area contributed by atoms with E-state index in [1.165, 1.54) is 5.69 Å². The van der Waals surface area contributed by atoms with Crippen LogP contribution < -0.4 is 5.32 Å². The van der Waals surface area contributed by atoms with Crippen LogP contribution in [0.1, 0.15) is 58.0 Å². The standard InChI is InChI=1S/C15H29N3O2S/c1-5-13-12-15(18(7-3)17-13)14(16-6-2)10-9-11-21(19,20)8-4/h12,14,16H,5-11H2,1-4H3. The quantitative estimate of drug-likeness (QED) is 0.720. The van der Waals surface area contributed by atoms with Crippen LogP contribution in [0.3, 0.4) is 0 Å². The molecular weight excluding hydrogens is 286 g/mol. The molecule has 122 valence electrons. The van der Waals surface area contributed by atoms with Crippen molar-refractivity contribution in [3.63, 3.8) is 0 Å². The molecular formula is C15H29N3O2S. The number of hydrogen-bond acceptors (Lipinski definition) is 4. The molecule has 0 bridgehead atoms. The highest BCUT2D eigenvalue weighted by molar-refractivity contribution is 7.91. The monoisotopic (exact) mass is 315 g/mol. The molecule has 1 N–H and O–H groups in total. The highest BCUT2D eigenvalue weighted by atomic mass is 32.2. The Kier molecular flexibility index (Phi) is 7.39. The van der Waals surface area contributed by atoms with E-state index in [0.29, 0.717) is 6.42 Å². The molecule has 21 heavy (non-hydrogen) atoms. The number of sulfone groups is 1. The molecule has 1 aromatic heterocycles. The van der Waals surface area contributed by atoms with Gasteiger partial charge in [0.25, 0.3) is 0 Å². The van der Waals surface area contributed by atoms with Crippen molar-refractivity contribution in [2.45, 2.75) is 59.5 Å². The van der Waals surface area contributed by atoms with E-state index >= 15 is 0 Å². The predicted molar refractivity (Wildman–Crippen MR) is 87.3 cm³/mol. The minimum atomic E-state index is -2.88. The van der Waals surface area contributed by atoms with E-state index in [1.807, 2.05) is 4.68 Å². The van der Waals surface area contributed by atoms with Crippen LogP contribution in [0, 0.1) is 0 Å². The maximum absolute atomic E-state index is 11.6. The van der Waals surface area contributed by atoms with Crippen LogP contribution in [0.5, 0.6) is 0 Å². The minimum Gasteiger partial charge on any atom is -0.309 e. The molecule has 0 aliphatic carbocycles. The number of nitrogens with one attached hydrogen (secondary N) is 1. The van der Waals surface area contributed by atoms with Gasteiger partial charge in [-0.05, 0) is 38.8 Å². The van der Waals surface area contributed by atoms with Gasteiger partial charge >= 0.3 is 0 Å². The highest BCUT2D eigenvalue weighted by Crippen LogP contribution is 2.20. The Bertz CT molecular complexity index is 523. The van der Waals surface area contributed by atoms with Crippen molar-refractivity contribution >= 4 is 9.84 Å². The summed E-state index contributed by atoms with van der Waals surface area (Å²) < 4.78 is 25.2. The lowest BCUT2D eigenvalue weighted by molar-refractivity contribution is 0.461. The number of aromatic nitrogens is 2. The summed E-state index contributed by atoms with van der Waals surface area (Å²) in [5, 5.41) is 8.04. The van der Waals surface area contributed by atoms with E-state index in [-0.39, 0.29) is 17.5 Å². The van der Waals surface area contributed by atoms with Crippen LogP contribution >= 0.6 is 0 Å². The average molecular weight is 315 g/mol. The Morgan fingerprint density at radius 1 is 1.29 bits per heavy atom. The van der Waals surface area contributed by atoms with Crippen molar-refractivity contribution in [1.29, 1.82) is 0 Å². The molecule has 6 heteroatoms. The molecule has 0 amide bonds. The molecule has 1 atom stereocenters. The van der Waals surface area contributed by atoms with Crippen molar-refractivity contribution < 1.29 is 8.42 Å². The van der Waals surface area contributed by atoms with Crippen molar-refractivity contribution in [2.75, 3.05) is 18.1 Å². The van der Waals surface area contributed by atoms with E-state index < -0.39 is 9.84 Å². The van der Waals surface area contributed by atoms with Gasteiger partial charge in [-0.25, -0.2) is 8.42 Å². The smallest absolute Gasteiger partial charge is 0.150 e. The molecule has 1 rings (SSSR count). The van der Waals surface area contributed by atoms with Crippen LogP contribution in [0.25, 0.3) is 0 Å². The van der Waals surface area contributed by atoms with Crippen LogP contribution in [0.4, 0.5) is 0 Å². The fourth-order valence-electron chi connectivity index (χ4n) is 2.45. The van der Waals surface area contributed by atoms with Crippen LogP contribution in [-0.4, -0.2) is 36.2 Å². The molecule has 0 fully saturated rings.